The quantitative estimate of drug-likeness (QED) is 0.662. The van der Waals surface area contributed by atoms with Crippen molar-refractivity contribution in [2.75, 3.05) is 17.2 Å². The van der Waals surface area contributed by atoms with E-state index in [1.54, 1.807) is 22.9 Å². The second kappa shape index (κ2) is 9.17. The highest BCUT2D eigenvalue weighted by molar-refractivity contribution is 7.99. The molecule has 1 aromatic heterocycles. The van der Waals surface area contributed by atoms with Crippen molar-refractivity contribution in [1.82, 2.24) is 14.9 Å². The van der Waals surface area contributed by atoms with Crippen molar-refractivity contribution in [1.29, 1.82) is 0 Å². The van der Waals surface area contributed by atoms with E-state index in [-0.39, 0.29) is 30.7 Å². The fourth-order valence-corrected chi connectivity index (χ4v) is 4.61. The molecule has 154 valence electrons. The van der Waals surface area contributed by atoms with Crippen LogP contribution in [0.25, 0.3) is 0 Å². The highest BCUT2D eigenvalue weighted by atomic mass is 32.2. The Balaban J connectivity index is 1.42. The summed E-state index contributed by atoms with van der Waals surface area (Å²) in [6, 6.07) is 17.3. The van der Waals surface area contributed by atoms with Gasteiger partial charge in [0.15, 0.2) is 0 Å². The predicted octanol–water partition coefficient (Wildman–Crippen LogP) is 3.54. The van der Waals surface area contributed by atoms with Gasteiger partial charge in [-0.2, -0.15) is 0 Å². The molecule has 0 spiro atoms. The number of carbonyl (C=O) groups is 2. The zero-order chi connectivity index (χ0) is 20.9. The second-order valence-corrected chi connectivity index (χ2v) is 8.31. The monoisotopic (exact) mass is 420 g/mol. The molecule has 0 radical (unpaired) electrons. The molecule has 4 rings (SSSR count). The SMILES string of the molecule is Cn1ccnc1C(NC(=O)CCC(=O)N1CCSc2ccccc21)c1ccccc1. The van der Waals surface area contributed by atoms with Crippen LogP contribution in [0.1, 0.15) is 30.3 Å². The van der Waals surface area contributed by atoms with E-state index >= 15 is 0 Å². The van der Waals surface area contributed by atoms with Gasteiger partial charge in [-0.1, -0.05) is 42.5 Å². The maximum Gasteiger partial charge on any atom is 0.227 e. The number of rotatable bonds is 6. The molecule has 2 aromatic carbocycles. The molecule has 30 heavy (non-hydrogen) atoms. The smallest absolute Gasteiger partial charge is 0.227 e. The average molecular weight is 421 g/mol. The normalized spacial score (nSPS) is 14.1. The van der Waals surface area contributed by atoms with E-state index in [2.05, 4.69) is 10.3 Å². The van der Waals surface area contributed by atoms with Crippen LogP contribution in [0.15, 0.2) is 71.9 Å². The van der Waals surface area contributed by atoms with Crippen molar-refractivity contribution in [3.8, 4) is 0 Å². The van der Waals surface area contributed by atoms with E-state index in [1.165, 1.54) is 0 Å². The third kappa shape index (κ3) is 4.41. The van der Waals surface area contributed by atoms with Crippen LogP contribution in [0.5, 0.6) is 0 Å². The van der Waals surface area contributed by atoms with Gasteiger partial charge in [-0.25, -0.2) is 4.98 Å². The van der Waals surface area contributed by atoms with E-state index in [1.807, 2.05) is 72.4 Å². The Bertz CT molecular complexity index is 1030. The first-order valence-corrected chi connectivity index (χ1v) is 11.0. The highest BCUT2D eigenvalue weighted by Crippen LogP contribution is 2.34. The number of hydrogen-bond acceptors (Lipinski definition) is 4. The summed E-state index contributed by atoms with van der Waals surface area (Å²) in [5.41, 5.74) is 1.89. The first-order valence-electron chi connectivity index (χ1n) is 9.97. The first kappa shape index (κ1) is 20.2. The Morgan fingerprint density at radius 3 is 2.63 bits per heavy atom. The second-order valence-electron chi connectivity index (χ2n) is 7.17. The molecule has 1 aliphatic heterocycles. The Labute approximate surface area is 180 Å². The summed E-state index contributed by atoms with van der Waals surface area (Å²) < 4.78 is 1.89. The fourth-order valence-electron chi connectivity index (χ4n) is 3.61. The summed E-state index contributed by atoms with van der Waals surface area (Å²) in [6.07, 6.45) is 3.88. The first-order chi connectivity index (χ1) is 14.6. The number of thioether (sulfide) groups is 1. The molecule has 1 unspecified atom stereocenters. The van der Waals surface area contributed by atoms with Crippen LogP contribution < -0.4 is 10.2 Å². The van der Waals surface area contributed by atoms with Crippen LogP contribution >= 0.6 is 11.8 Å². The van der Waals surface area contributed by atoms with Gasteiger partial charge in [0.05, 0.1) is 5.69 Å². The molecular formula is C23H24N4O2S. The van der Waals surface area contributed by atoms with Crippen molar-refractivity contribution in [3.63, 3.8) is 0 Å². The van der Waals surface area contributed by atoms with Gasteiger partial charge in [-0.05, 0) is 17.7 Å². The van der Waals surface area contributed by atoms with Crippen LogP contribution in [0.2, 0.25) is 0 Å². The Kier molecular flexibility index (Phi) is 6.18. The molecule has 0 saturated heterocycles. The van der Waals surface area contributed by atoms with Crippen LogP contribution in [0.4, 0.5) is 5.69 Å². The fraction of sp³-hybridized carbons (Fsp3) is 0.261. The molecule has 7 heteroatoms. The molecule has 0 fully saturated rings. The molecule has 1 aliphatic rings. The van der Waals surface area contributed by atoms with Crippen molar-refractivity contribution < 1.29 is 9.59 Å². The van der Waals surface area contributed by atoms with E-state index in [0.29, 0.717) is 6.54 Å². The average Bonchev–Trinajstić information content (AvgIpc) is 3.21. The number of fused-ring (bicyclic) bond motifs is 1. The van der Waals surface area contributed by atoms with E-state index in [9.17, 15) is 9.59 Å². The number of nitrogens with one attached hydrogen (secondary N) is 1. The molecule has 0 aliphatic carbocycles. The minimum atomic E-state index is -0.360. The van der Waals surface area contributed by atoms with E-state index in [4.69, 9.17) is 0 Å². The molecule has 1 N–H and O–H groups in total. The number of aromatic nitrogens is 2. The van der Waals surface area contributed by atoms with Gasteiger partial charge in [0.1, 0.15) is 11.9 Å². The van der Waals surface area contributed by atoms with Gasteiger partial charge < -0.3 is 14.8 Å². The van der Waals surface area contributed by atoms with Crippen molar-refractivity contribution >= 4 is 29.3 Å². The van der Waals surface area contributed by atoms with Gasteiger partial charge >= 0.3 is 0 Å². The zero-order valence-corrected chi connectivity index (χ0v) is 17.6. The largest absolute Gasteiger partial charge is 0.342 e. The third-order valence-electron chi connectivity index (χ3n) is 5.15. The number of aryl methyl sites for hydroxylation is 1. The molecule has 6 nitrogen and oxygen atoms in total. The van der Waals surface area contributed by atoms with Gasteiger partial charge in [-0.15, -0.1) is 11.8 Å². The molecule has 0 bridgehead atoms. The zero-order valence-electron chi connectivity index (χ0n) is 16.8. The number of para-hydroxylation sites is 1. The summed E-state index contributed by atoms with van der Waals surface area (Å²) >= 11 is 1.76. The number of benzene rings is 2. The molecule has 1 atom stereocenters. The highest BCUT2D eigenvalue weighted by Gasteiger charge is 2.24. The van der Waals surface area contributed by atoms with Gasteiger partial charge in [0.25, 0.3) is 0 Å². The van der Waals surface area contributed by atoms with Crippen molar-refractivity contribution in [2.45, 2.75) is 23.8 Å². The van der Waals surface area contributed by atoms with Crippen LogP contribution in [-0.2, 0) is 16.6 Å². The molecule has 0 saturated carbocycles. The lowest BCUT2D eigenvalue weighted by atomic mass is 10.1. The maximum atomic E-state index is 12.8. The number of hydrogen-bond donors (Lipinski definition) is 1. The molecule has 3 aromatic rings. The van der Waals surface area contributed by atoms with Crippen molar-refractivity contribution in [2.24, 2.45) is 7.05 Å². The topological polar surface area (TPSA) is 67.2 Å². The molecular weight excluding hydrogens is 396 g/mol. The standard InChI is InChI=1S/C23H24N4O2S/c1-26-14-13-24-23(26)22(17-7-3-2-4-8-17)25-20(28)11-12-21(29)27-15-16-30-19-10-6-5-9-18(19)27/h2-10,13-14,22H,11-12,15-16H2,1H3,(H,25,28). The summed E-state index contributed by atoms with van der Waals surface area (Å²) in [5.74, 6) is 1.43. The number of anilines is 1. The number of amides is 2. The van der Waals surface area contributed by atoms with Gasteiger partial charge in [-0.3, -0.25) is 9.59 Å². The van der Waals surface area contributed by atoms with Gasteiger partial charge in [0.2, 0.25) is 11.8 Å². The van der Waals surface area contributed by atoms with Crippen LogP contribution in [0, 0.1) is 0 Å². The lowest BCUT2D eigenvalue weighted by molar-refractivity contribution is -0.125. The van der Waals surface area contributed by atoms with E-state index in [0.717, 1.165) is 27.7 Å². The summed E-state index contributed by atoms with van der Waals surface area (Å²) in [7, 11) is 1.90. The maximum absolute atomic E-state index is 12.8. The Hall–Kier alpha value is -3.06. The lowest BCUT2D eigenvalue weighted by Gasteiger charge is -2.29. The number of carbonyl (C=O) groups excluding carboxylic acids is 2. The third-order valence-corrected chi connectivity index (χ3v) is 6.19. The Morgan fingerprint density at radius 2 is 1.87 bits per heavy atom. The minimum absolute atomic E-state index is 0.0221. The summed E-state index contributed by atoms with van der Waals surface area (Å²) in [5, 5.41) is 3.06. The summed E-state index contributed by atoms with van der Waals surface area (Å²) in [6.45, 7) is 0.669. The lowest BCUT2D eigenvalue weighted by Crippen LogP contribution is -2.37. The van der Waals surface area contributed by atoms with Crippen LogP contribution in [0.3, 0.4) is 0 Å². The minimum Gasteiger partial charge on any atom is -0.342 e. The van der Waals surface area contributed by atoms with Gasteiger partial charge in [0, 0.05) is 49.5 Å². The number of imidazole rings is 1. The predicted molar refractivity (Wildman–Crippen MR) is 118 cm³/mol. The van der Waals surface area contributed by atoms with Crippen LogP contribution in [-0.4, -0.2) is 33.7 Å². The molecule has 2 heterocycles. The number of nitrogens with zero attached hydrogens (tertiary/aromatic N) is 3. The Morgan fingerprint density at radius 1 is 1.10 bits per heavy atom. The summed E-state index contributed by atoms with van der Waals surface area (Å²) in [4.78, 5) is 32.9. The van der Waals surface area contributed by atoms with E-state index < -0.39 is 0 Å². The molecule has 2 amide bonds. The van der Waals surface area contributed by atoms with Crippen molar-refractivity contribution in [3.05, 3.63) is 78.4 Å².